The molecule has 4 heteroatoms. The highest BCUT2D eigenvalue weighted by molar-refractivity contribution is 5.94. The minimum atomic E-state index is -0.871. The van der Waals surface area contributed by atoms with Crippen molar-refractivity contribution in [3.8, 4) is 0 Å². The Morgan fingerprint density at radius 3 is 2.78 bits per heavy atom. The van der Waals surface area contributed by atoms with Gasteiger partial charge in [0.25, 0.3) is 0 Å². The Morgan fingerprint density at radius 2 is 2.00 bits per heavy atom. The number of aliphatic carboxylic acids is 1. The van der Waals surface area contributed by atoms with Crippen molar-refractivity contribution >= 4 is 17.6 Å². The standard InChI is InChI=1S/C14H17NO3/c16-13-8-2-1-5-9-15(13)12-7-4-3-6-11(12)10-14(17)18/h3-4,6-7H,1-2,5,8-10H2,(H,17,18). The van der Waals surface area contributed by atoms with Crippen molar-refractivity contribution in [1.82, 2.24) is 0 Å². The van der Waals surface area contributed by atoms with Crippen molar-refractivity contribution in [2.75, 3.05) is 11.4 Å². The molecule has 1 aliphatic rings. The molecule has 1 aliphatic heterocycles. The average Bonchev–Trinajstić information content (AvgIpc) is 2.54. The van der Waals surface area contributed by atoms with E-state index in [2.05, 4.69) is 0 Å². The number of hydrogen-bond donors (Lipinski definition) is 1. The van der Waals surface area contributed by atoms with Crippen molar-refractivity contribution in [3.05, 3.63) is 29.8 Å². The molecule has 1 amide bonds. The van der Waals surface area contributed by atoms with Gasteiger partial charge in [0, 0.05) is 18.7 Å². The lowest BCUT2D eigenvalue weighted by molar-refractivity contribution is -0.136. The van der Waals surface area contributed by atoms with Gasteiger partial charge < -0.3 is 10.0 Å². The Labute approximate surface area is 106 Å². The lowest BCUT2D eigenvalue weighted by Gasteiger charge is -2.23. The van der Waals surface area contributed by atoms with E-state index in [0.717, 1.165) is 24.9 Å². The monoisotopic (exact) mass is 247 g/mol. The van der Waals surface area contributed by atoms with E-state index in [1.807, 2.05) is 18.2 Å². The Bertz CT molecular complexity index is 456. The number of nitrogens with zero attached hydrogens (tertiary/aromatic N) is 1. The number of carboxylic acid groups (broad SMARTS) is 1. The summed E-state index contributed by atoms with van der Waals surface area (Å²) < 4.78 is 0. The number of carbonyl (C=O) groups is 2. The highest BCUT2D eigenvalue weighted by Crippen LogP contribution is 2.24. The highest BCUT2D eigenvalue weighted by atomic mass is 16.4. The zero-order chi connectivity index (χ0) is 13.0. The average molecular weight is 247 g/mol. The van der Waals surface area contributed by atoms with Crippen LogP contribution in [0, 0.1) is 0 Å². The minimum absolute atomic E-state index is 0.0417. The zero-order valence-electron chi connectivity index (χ0n) is 10.3. The molecule has 0 aliphatic carbocycles. The summed E-state index contributed by atoms with van der Waals surface area (Å²) in [6.07, 6.45) is 3.48. The smallest absolute Gasteiger partial charge is 0.307 e. The molecule has 0 saturated carbocycles. The third-order valence-electron chi connectivity index (χ3n) is 3.20. The molecular formula is C14H17NO3. The maximum absolute atomic E-state index is 12.0. The summed E-state index contributed by atoms with van der Waals surface area (Å²) in [6, 6.07) is 7.27. The second-order valence-corrected chi connectivity index (χ2v) is 4.56. The van der Waals surface area contributed by atoms with Crippen LogP contribution in [0.5, 0.6) is 0 Å². The van der Waals surface area contributed by atoms with Gasteiger partial charge in [-0.15, -0.1) is 0 Å². The number of anilines is 1. The van der Waals surface area contributed by atoms with Crippen molar-refractivity contribution in [1.29, 1.82) is 0 Å². The summed E-state index contributed by atoms with van der Waals surface area (Å²) in [5, 5.41) is 8.91. The Morgan fingerprint density at radius 1 is 1.22 bits per heavy atom. The van der Waals surface area contributed by atoms with Crippen LogP contribution < -0.4 is 4.90 Å². The molecule has 4 nitrogen and oxygen atoms in total. The first-order valence-corrected chi connectivity index (χ1v) is 6.28. The van der Waals surface area contributed by atoms with Crippen LogP contribution in [0.3, 0.4) is 0 Å². The van der Waals surface area contributed by atoms with E-state index in [4.69, 9.17) is 5.11 Å². The van der Waals surface area contributed by atoms with E-state index in [-0.39, 0.29) is 12.3 Å². The SMILES string of the molecule is O=C(O)Cc1ccccc1N1CCCCCC1=O. The van der Waals surface area contributed by atoms with E-state index in [9.17, 15) is 9.59 Å². The summed E-state index contributed by atoms with van der Waals surface area (Å²) in [7, 11) is 0. The fraction of sp³-hybridized carbons (Fsp3) is 0.429. The first-order chi connectivity index (χ1) is 8.68. The van der Waals surface area contributed by atoms with Gasteiger partial charge in [-0.3, -0.25) is 9.59 Å². The quantitative estimate of drug-likeness (QED) is 0.891. The number of carboxylic acids is 1. The Balaban J connectivity index is 2.30. The molecule has 0 unspecified atom stereocenters. The van der Waals surface area contributed by atoms with E-state index >= 15 is 0 Å². The Hall–Kier alpha value is -1.84. The zero-order valence-corrected chi connectivity index (χ0v) is 10.3. The summed E-state index contributed by atoms with van der Waals surface area (Å²) in [5.74, 6) is -0.768. The van der Waals surface area contributed by atoms with Gasteiger partial charge in [0.15, 0.2) is 0 Å². The van der Waals surface area contributed by atoms with Gasteiger partial charge in [-0.1, -0.05) is 24.6 Å². The molecule has 96 valence electrons. The first-order valence-electron chi connectivity index (χ1n) is 6.28. The van der Waals surface area contributed by atoms with Gasteiger partial charge in [-0.25, -0.2) is 0 Å². The molecule has 0 spiro atoms. The topological polar surface area (TPSA) is 57.6 Å². The van der Waals surface area contributed by atoms with E-state index in [0.29, 0.717) is 18.5 Å². The summed E-state index contributed by atoms with van der Waals surface area (Å²) in [5.41, 5.74) is 1.46. The summed E-state index contributed by atoms with van der Waals surface area (Å²) in [6.45, 7) is 0.690. The van der Waals surface area contributed by atoms with Crippen LogP contribution >= 0.6 is 0 Å². The normalized spacial score (nSPS) is 16.4. The molecule has 1 fully saturated rings. The molecule has 0 bridgehead atoms. The number of benzene rings is 1. The molecule has 1 aromatic carbocycles. The number of hydrogen-bond acceptors (Lipinski definition) is 2. The summed E-state index contributed by atoms with van der Waals surface area (Å²) >= 11 is 0. The predicted octanol–water partition coefficient (Wildman–Crippen LogP) is 2.22. The third kappa shape index (κ3) is 2.88. The van der Waals surface area contributed by atoms with Crippen molar-refractivity contribution in [2.24, 2.45) is 0 Å². The number of rotatable bonds is 3. The van der Waals surface area contributed by atoms with Crippen LogP contribution in [-0.2, 0) is 16.0 Å². The number of para-hydroxylation sites is 1. The van der Waals surface area contributed by atoms with E-state index < -0.39 is 5.97 Å². The largest absolute Gasteiger partial charge is 0.481 e. The molecule has 18 heavy (non-hydrogen) atoms. The molecule has 0 radical (unpaired) electrons. The maximum atomic E-state index is 12.0. The number of carbonyl (C=O) groups excluding carboxylic acids is 1. The van der Waals surface area contributed by atoms with Gasteiger partial charge >= 0.3 is 5.97 Å². The molecule has 1 aromatic rings. The van der Waals surface area contributed by atoms with Gasteiger partial charge in [0.05, 0.1) is 6.42 Å². The molecule has 0 atom stereocenters. The van der Waals surface area contributed by atoms with E-state index in [1.54, 1.807) is 11.0 Å². The lowest BCUT2D eigenvalue weighted by Crippen LogP contribution is -2.31. The highest BCUT2D eigenvalue weighted by Gasteiger charge is 2.20. The predicted molar refractivity (Wildman–Crippen MR) is 68.6 cm³/mol. The van der Waals surface area contributed by atoms with E-state index in [1.165, 1.54) is 0 Å². The van der Waals surface area contributed by atoms with Gasteiger partial charge in [0.1, 0.15) is 0 Å². The second-order valence-electron chi connectivity index (χ2n) is 4.56. The molecule has 1 N–H and O–H groups in total. The third-order valence-corrected chi connectivity index (χ3v) is 3.20. The van der Waals surface area contributed by atoms with Crippen LogP contribution in [0.15, 0.2) is 24.3 Å². The van der Waals surface area contributed by atoms with Gasteiger partial charge in [0.2, 0.25) is 5.91 Å². The van der Waals surface area contributed by atoms with Crippen molar-refractivity contribution in [2.45, 2.75) is 32.1 Å². The van der Waals surface area contributed by atoms with Crippen LogP contribution in [0.25, 0.3) is 0 Å². The lowest BCUT2D eigenvalue weighted by atomic mass is 10.1. The molecular weight excluding hydrogens is 230 g/mol. The number of amides is 1. The Kier molecular flexibility index (Phi) is 3.97. The molecule has 1 heterocycles. The summed E-state index contributed by atoms with van der Waals surface area (Å²) in [4.78, 5) is 24.6. The van der Waals surface area contributed by atoms with Crippen molar-refractivity contribution < 1.29 is 14.7 Å². The van der Waals surface area contributed by atoms with Crippen LogP contribution in [0.4, 0.5) is 5.69 Å². The van der Waals surface area contributed by atoms with Crippen molar-refractivity contribution in [3.63, 3.8) is 0 Å². The van der Waals surface area contributed by atoms with Gasteiger partial charge in [-0.05, 0) is 24.5 Å². The maximum Gasteiger partial charge on any atom is 0.307 e. The second kappa shape index (κ2) is 5.67. The molecule has 2 rings (SSSR count). The first kappa shape index (κ1) is 12.6. The van der Waals surface area contributed by atoms with Crippen LogP contribution in [0.1, 0.15) is 31.2 Å². The minimum Gasteiger partial charge on any atom is -0.481 e. The van der Waals surface area contributed by atoms with Gasteiger partial charge in [-0.2, -0.15) is 0 Å². The van der Waals surface area contributed by atoms with Crippen LogP contribution in [0.2, 0.25) is 0 Å². The molecule has 1 saturated heterocycles. The molecule has 0 aromatic heterocycles. The fourth-order valence-electron chi connectivity index (χ4n) is 2.32. The van der Waals surface area contributed by atoms with Crippen LogP contribution in [-0.4, -0.2) is 23.5 Å². The fourth-order valence-corrected chi connectivity index (χ4v) is 2.32.